The third-order valence-electron chi connectivity index (χ3n) is 7.41. The summed E-state index contributed by atoms with van der Waals surface area (Å²) in [5, 5.41) is 19.2. The molecule has 2 fully saturated rings. The Labute approximate surface area is 160 Å². The molecule has 0 amide bonds. The zero-order valence-corrected chi connectivity index (χ0v) is 17.1. The molecule has 0 aliphatic heterocycles. The number of unbranched alkanes of at least 4 members (excludes halogenated alkanes) is 1. The highest BCUT2D eigenvalue weighted by Gasteiger charge is 2.40. The molecule has 0 saturated heterocycles. The van der Waals surface area contributed by atoms with E-state index in [4.69, 9.17) is 5.11 Å². The summed E-state index contributed by atoms with van der Waals surface area (Å²) in [5.41, 5.74) is 0.201. The Balaban J connectivity index is 1.73. The van der Waals surface area contributed by atoms with Gasteiger partial charge in [-0.1, -0.05) is 45.8 Å². The summed E-state index contributed by atoms with van der Waals surface area (Å²) in [4.78, 5) is 10.6. The Hall–Kier alpha value is -0.830. The van der Waals surface area contributed by atoms with E-state index < -0.39 is 5.97 Å². The van der Waals surface area contributed by atoms with E-state index in [1.807, 2.05) is 0 Å². The molecule has 2 rings (SSSR count). The summed E-state index contributed by atoms with van der Waals surface area (Å²) in [6.07, 6.45) is 15.7. The molecule has 2 aliphatic rings. The minimum atomic E-state index is -0.699. The number of aliphatic hydroxyl groups is 1. The van der Waals surface area contributed by atoms with Gasteiger partial charge in [0.2, 0.25) is 0 Å². The second-order valence-electron chi connectivity index (χ2n) is 9.47. The first kappa shape index (κ1) is 21.5. The molecule has 3 nitrogen and oxygen atoms in total. The monoisotopic (exact) mass is 364 g/mol. The molecule has 150 valence electrons. The second kappa shape index (κ2) is 9.92. The van der Waals surface area contributed by atoms with Crippen molar-refractivity contribution >= 4 is 5.97 Å². The SMILES string of the molecule is CC1C[C@@H](C)[C@H](CCCC(O)C2(C)CCC2)[C@H]1C/C=C\CCCC(=O)O. The van der Waals surface area contributed by atoms with Gasteiger partial charge in [-0.25, -0.2) is 0 Å². The fraction of sp³-hybridized carbons (Fsp3) is 0.870. The Morgan fingerprint density at radius 3 is 2.46 bits per heavy atom. The van der Waals surface area contributed by atoms with Crippen molar-refractivity contribution in [1.82, 2.24) is 0 Å². The van der Waals surface area contributed by atoms with Crippen LogP contribution in [0.15, 0.2) is 12.2 Å². The molecule has 2 saturated carbocycles. The van der Waals surface area contributed by atoms with Crippen molar-refractivity contribution in [1.29, 1.82) is 0 Å². The van der Waals surface area contributed by atoms with Gasteiger partial charge in [0.15, 0.2) is 0 Å². The average Bonchev–Trinajstić information content (AvgIpc) is 2.81. The van der Waals surface area contributed by atoms with Gasteiger partial charge in [-0.05, 0) is 80.5 Å². The first-order valence-electron chi connectivity index (χ1n) is 10.9. The first-order chi connectivity index (χ1) is 12.3. The molecule has 3 heteroatoms. The third-order valence-corrected chi connectivity index (χ3v) is 7.41. The molecule has 0 bridgehead atoms. The summed E-state index contributed by atoms with van der Waals surface area (Å²) in [5.74, 6) is 2.38. The van der Waals surface area contributed by atoms with Crippen molar-refractivity contribution < 1.29 is 15.0 Å². The van der Waals surface area contributed by atoms with Gasteiger partial charge in [0.1, 0.15) is 0 Å². The van der Waals surface area contributed by atoms with Crippen LogP contribution in [0.4, 0.5) is 0 Å². The van der Waals surface area contributed by atoms with Crippen LogP contribution in [0, 0.1) is 29.1 Å². The van der Waals surface area contributed by atoms with Crippen LogP contribution in [0.2, 0.25) is 0 Å². The van der Waals surface area contributed by atoms with E-state index in [-0.39, 0.29) is 17.9 Å². The van der Waals surface area contributed by atoms with Gasteiger partial charge in [-0.15, -0.1) is 0 Å². The van der Waals surface area contributed by atoms with Crippen molar-refractivity contribution in [3.05, 3.63) is 12.2 Å². The van der Waals surface area contributed by atoms with Crippen LogP contribution in [-0.2, 0) is 4.79 Å². The Bertz CT molecular complexity index is 466. The molecular formula is C23H40O3. The van der Waals surface area contributed by atoms with E-state index in [2.05, 4.69) is 32.9 Å². The largest absolute Gasteiger partial charge is 0.481 e. The van der Waals surface area contributed by atoms with Gasteiger partial charge in [0, 0.05) is 6.42 Å². The van der Waals surface area contributed by atoms with Crippen molar-refractivity contribution in [2.24, 2.45) is 29.1 Å². The number of rotatable bonds is 11. The molecule has 0 aromatic heterocycles. The number of carboxylic acids is 1. The smallest absolute Gasteiger partial charge is 0.303 e. The average molecular weight is 365 g/mol. The highest BCUT2D eigenvalue weighted by molar-refractivity contribution is 5.66. The van der Waals surface area contributed by atoms with Crippen LogP contribution < -0.4 is 0 Å². The van der Waals surface area contributed by atoms with Gasteiger partial charge in [-0.3, -0.25) is 4.79 Å². The van der Waals surface area contributed by atoms with Crippen LogP contribution in [0.5, 0.6) is 0 Å². The number of hydrogen-bond donors (Lipinski definition) is 2. The van der Waals surface area contributed by atoms with E-state index in [0.29, 0.717) is 0 Å². The summed E-state index contributed by atoms with van der Waals surface area (Å²) in [6.45, 7) is 7.05. The fourth-order valence-electron chi connectivity index (χ4n) is 5.39. The van der Waals surface area contributed by atoms with Crippen molar-refractivity contribution in [3.63, 3.8) is 0 Å². The maximum absolute atomic E-state index is 10.6. The van der Waals surface area contributed by atoms with E-state index in [1.54, 1.807) is 0 Å². The van der Waals surface area contributed by atoms with Crippen LogP contribution in [0.1, 0.15) is 91.4 Å². The van der Waals surface area contributed by atoms with E-state index in [1.165, 1.54) is 32.1 Å². The van der Waals surface area contributed by atoms with Crippen LogP contribution in [-0.4, -0.2) is 22.3 Å². The summed E-state index contributed by atoms with van der Waals surface area (Å²) in [6, 6.07) is 0. The molecule has 2 aliphatic carbocycles. The Morgan fingerprint density at radius 1 is 1.15 bits per heavy atom. The van der Waals surface area contributed by atoms with Gasteiger partial charge in [-0.2, -0.15) is 0 Å². The predicted molar refractivity (Wildman–Crippen MR) is 107 cm³/mol. The third kappa shape index (κ3) is 5.84. The zero-order chi connectivity index (χ0) is 19.2. The molecule has 0 heterocycles. The van der Waals surface area contributed by atoms with E-state index >= 15 is 0 Å². The highest BCUT2D eigenvalue weighted by atomic mass is 16.4. The topological polar surface area (TPSA) is 57.5 Å². The molecule has 0 aromatic carbocycles. The van der Waals surface area contributed by atoms with E-state index in [0.717, 1.165) is 55.8 Å². The minimum Gasteiger partial charge on any atom is -0.481 e. The van der Waals surface area contributed by atoms with Crippen molar-refractivity contribution in [2.45, 2.75) is 97.5 Å². The maximum Gasteiger partial charge on any atom is 0.303 e. The normalized spacial score (nSPS) is 31.8. The zero-order valence-electron chi connectivity index (χ0n) is 17.1. The van der Waals surface area contributed by atoms with E-state index in [9.17, 15) is 9.90 Å². The number of carboxylic acid groups (broad SMARTS) is 1. The lowest BCUT2D eigenvalue weighted by molar-refractivity contribution is -0.137. The molecule has 5 atom stereocenters. The number of hydrogen-bond acceptors (Lipinski definition) is 2. The van der Waals surface area contributed by atoms with Gasteiger partial charge < -0.3 is 10.2 Å². The quantitative estimate of drug-likeness (QED) is 0.359. The first-order valence-corrected chi connectivity index (χ1v) is 10.9. The maximum atomic E-state index is 10.6. The summed E-state index contributed by atoms with van der Waals surface area (Å²) >= 11 is 0. The molecule has 26 heavy (non-hydrogen) atoms. The van der Waals surface area contributed by atoms with Crippen molar-refractivity contribution in [3.8, 4) is 0 Å². The molecule has 0 radical (unpaired) electrons. The lowest BCUT2D eigenvalue weighted by atomic mass is 9.65. The van der Waals surface area contributed by atoms with Crippen LogP contribution in [0.25, 0.3) is 0 Å². The molecule has 0 spiro atoms. The van der Waals surface area contributed by atoms with Gasteiger partial charge >= 0.3 is 5.97 Å². The highest BCUT2D eigenvalue weighted by Crippen LogP contribution is 2.47. The summed E-state index contributed by atoms with van der Waals surface area (Å²) in [7, 11) is 0. The molecule has 0 aromatic rings. The van der Waals surface area contributed by atoms with Crippen LogP contribution >= 0.6 is 0 Å². The molecular weight excluding hydrogens is 324 g/mol. The standard InChI is InChI=1S/C23H40O3/c1-17-16-18(2)20(11-8-12-21(24)23(3)14-9-15-23)19(17)10-6-4-5-7-13-22(25)26/h4,6,17-21,24H,5,7-16H2,1-3H3,(H,25,26)/b6-4-/t17?,18-,19+,20+,21?/m1/s1. The number of carbonyl (C=O) groups is 1. The van der Waals surface area contributed by atoms with Gasteiger partial charge in [0.05, 0.1) is 6.10 Å². The Kier molecular flexibility index (Phi) is 8.19. The lowest BCUT2D eigenvalue weighted by Crippen LogP contribution is -2.38. The van der Waals surface area contributed by atoms with Crippen LogP contribution in [0.3, 0.4) is 0 Å². The number of aliphatic carboxylic acids is 1. The fourth-order valence-corrected chi connectivity index (χ4v) is 5.39. The van der Waals surface area contributed by atoms with Gasteiger partial charge in [0.25, 0.3) is 0 Å². The van der Waals surface area contributed by atoms with Crippen molar-refractivity contribution in [2.75, 3.05) is 0 Å². The molecule has 2 N–H and O–H groups in total. The minimum absolute atomic E-state index is 0.113. The predicted octanol–water partition coefficient (Wildman–Crippen LogP) is 5.82. The number of allylic oxidation sites excluding steroid dienone is 2. The lowest BCUT2D eigenvalue weighted by Gasteiger charge is -2.42. The molecule has 2 unspecified atom stereocenters. The Morgan fingerprint density at radius 2 is 1.85 bits per heavy atom. The second-order valence-corrected chi connectivity index (χ2v) is 9.47. The number of aliphatic hydroxyl groups excluding tert-OH is 1. The summed E-state index contributed by atoms with van der Waals surface area (Å²) < 4.78 is 0.